The van der Waals surface area contributed by atoms with Crippen molar-refractivity contribution >= 4 is 32.5 Å². The third-order valence-corrected chi connectivity index (χ3v) is 5.09. The molecule has 112 valence electrons. The first-order chi connectivity index (χ1) is 10.0. The highest BCUT2D eigenvalue weighted by molar-refractivity contribution is 7.89. The van der Waals surface area contributed by atoms with Gasteiger partial charge in [-0.05, 0) is 43.2 Å². The summed E-state index contributed by atoms with van der Waals surface area (Å²) in [6.45, 7) is 1.01. The van der Waals surface area contributed by atoms with E-state index in [0.29, 0.717) is 23.8 Å². The summed E-state index contributed by atoms with van der Waals surface area (Å²) in [5.41, 5.74) is 0.667. The minimum atomic E-state index is -3.54. The van der Waals surface area contributed by atoms with Gasteiger partial charge in [0.05, 0.1) is 16.5 Å². The molecule has 1 aromatic carbocycles. The van der Waals surface area contributed by atoms with Crippen LogP contribution in [0, 0.1) is 0 Å². The fourth-order valence-electron chi connectivity index (χ4n) is 2.34. The van der Waals surface area contributed by atoms with Gasteiger partial charge in [0.15, 0.2) is 0 Å². The summed E-state index contributed by atoms with van der Waals surface area (Å²) in [4.78, 5) is 4.36. The standard InChI is InChI=1S/C14H15ClN2O3S/c15-14-6-3-10-8-12(4-5-13(10)17-14)21(18,19)16-9-11-2-1-7-20-11/h3-6,8,11,16H,1-2,7,9H2. The second-order valence-electron chi connectivity index (χ2n) is 4.98. The molecular formula is C14H15ClN2O3S. The first-order valence-corrected chi connectivity index (χ1v) is 8.58. The van der Waals surface area contributed by atoms with Gasteiger partial charge >= 0.3 is 0 Å². The molecule has 3 rings (SSSR count). The Morgan fingerprint density at radius 1 is 1.33 bits per heavy atom. The first kappa shape index (κ1) is 14.7. The number of fused-ring (bicyclic) bond motifs is 1. The molecule has 7 heteroatoms. The Morgan fingerprint density at radius 3 is 2.95 bits per heavy atom. The van der Waals surface area contributed by atoms with E-state index in [1.165, 1.54) is 6.07 Å². The van der Waals surface area contributed by atoms with E-state index >= 15 is 0 Å². The van der Waals surface area contributed by atoms with Crippen LogP contribution in [0.5, 0.6) is 0 Å². The third-order valence-electron chi connectivity index (χ3n) is 3.46. The van der Waals surface area contributed by atoms with Crippen LogP contribution >= 0.6 is 11.6 Å². The van der Waals surface area contributed by atoms with Crippen LogP contribution in [-0.4, -0.2) is 32.7 Å². The molecule has 2 heterocycles. The summed E-state index contributed by atoms with van der Waals surface area (Å²) in [6.07, 6.45) is 1.85. The molecule has 1 atom stereocenters. The number of halogens is 1. The molecule has 0 radical (unpaired) electrons. The maximum Gasteiger partial charge on any atom is 0.240 e. The first-order valence-electron chi connectivity index (χ1n) is 6.72. The number of pyridine rings is 1. The average molecular weight is 327 g/mol. The van der Waals surface area contributed by atoms with Crippen molar-refractivity contribution in [2.45, 2.75) is 23.8 Å². The van der Waals surface area contributed by atoms with E-state index in [2.05, 4.69) is 9.71 Å². The van der Waals surface area contributed by atoms with Gasteiger partial charge < -0.3 is 4.74 Å². The predicted molar refractivity (Wildman–Crippen MR) is 80.9 cm³/mol. The van der Waals surface area contributed by atoms with Crippen molar-refractivity contribution in [1.82, 2.24) is 9.71 Å². The molecular weight excluding hydrogens is 312 g/mol. The largest absolute Gasteiger partial charge is 0.377 e. The van der Waals surface area contributed by atoms with E-state index in [0.717, 1.165) is 18.2 Å². The number of aromatic nitrogens is 1. The van der Waals surface area contributed by atoms with Gasteiger partial charge in [0.1, 0.15) is 5.15 Å². The lowest BCUT2D eigenvalue weighted by Crippen LogP contribution is -2.31. The topological polar surface area (TPSA) is 68.3 Å². The van der Waals surface area contributed by atoms with E-state index < -0.39 is 10.0 Å². The predicted octanol–water partition coefficient (Wildman–Crippen LogP) is 2.35. The molecule has 1 N–H and O–H groups in total. The fourth-order valence-corrected chi connectivity index (χ4v) is 3.59. The fraction of sp³-hybridized carbons (Fsp3) is 0.357. The molecule has 1 aromatic heterocycles. The third kappa shape index (κ3) is 3.35. The number of rotatable bonds is 4. The summed E-state index contributed by atoms with van der Waals surface area (Å²) >= 11 is 5.82. The smallest absolute Gasteiger partial charge is 0.240 e. The highest BCUT2D eigenvalue weighted by Crippen LogP contribution is 2.20. The molecule has 0 spiro atoms. The molecule has 0 aliphatic carbocycles. The molecule has 2 aromatic rings. The van der Waals surface area contributed by atoms with Gasteiger partial charge in [-0.3, -0.25) is 0 Å². The molecule has 0 saturated carbocycles. The highest BCUT2D eigenvalue weighted by Gasteiger charge is 2.20. The van der Waals surface area contributed by atoms with Crippen molar-refractivity contribution < 1.29 is 13.2 Å². The second-order valence-corrected chi connectivity index (χ2v) is 7.13. The lowest BCUT2D eigenvalue weighted by molar-refractivity contribution is 0.114. The number of nitrogens with zero attached hydrogens (tertiary/aromatic N) is 1. The lowest BCUT2D eigenvalue weighted by atomic mass is 10.2. The summed E-state index contributed by atoms with van der Waals surface area (Å²) in [6, 6.07) is 8.17. The van der Waals surface area contributed by atoms with Gasteiger partial charge in [-0.1, -0.05) is 11.6 Å². The normalized spacial score (nSPS) is 19.2. The van der Waals surface area contributed by atoms with Crippen molar-refractivity contribution in [2.75, 3.05) is 13.2 Å². The number of hydrogen-bond acceptors (Lipinski definition) is 4. The van der Waals surface area contributed by atoms with Crippen LogP contribution in [0.4, 0.5) is 0 Å². The van der Waals surface area contributed by atoms with Crippen LogP contribution in [0.1, 0.15) is 12.8 Å². The molecule has 0 bridgehead atoms. The molecule has 5 nitrogen and oxygen atoms in total. The monoisotopic (exact) mass is 326 g/mol. The van der Waals surface area contributed by atoms with Gasteiger partial charge in [0.25, 0.3) is 0 Å². The Labute approximate surface area is 128 Å². The van der Waals surface area contributed by atoms with E-state index in [-0.39, 0.29) is 11.0 Å². The van der Waals surface area contributed by atoms with Crippen LogP contribution in [0.3, 0.4) is 0 Å². The Hall–Kier alpha value is -1.21. The molecule has 1 saturated heterocycles. The molecule has 21 heavy (non-hydrogen) atoms. The number of ether oxygens (including phenoxy) is 1. The Morgan fingerprint density at radius 2 is 2.19 bits per heavy atom. The van der Waals surface area contributed by atoms with Gasteiger partial charge in [-0.15, -0.1) is 0 Å². The van der Waals surface area contributed by atoms with Crippen LogP contribution in [0.25, 0.3) is 10.9 Å². The zero-order valence-corrected chi connectivity index (χ0v) is 12.8. The van der Waals surface area contributed by atoms with Crippen LogP contribution in [0.15, 0.2) is 35.2 Å². The van der Waals surface area contributed by atoms with E-state index in [9.17, 15) is 8.42 Å². The van der Waals surface area contributed by atoms with Gasteiger partial charge in [0, 0.05) is 18.5 Å². The molecule has 1 aliphatic rings. The quantitative estimate of drug-likeness (QED) is 0.876. The Bertz CT molecular complexity index is 758. The van der Waals surface area contributed by atoms with E-state index in [4.69, 9.17) is 16.3 Å². The maximum absolute atomic E-state index is 12.3. The summed E-state index contributed by atoms with van der Waals surface area (Å²) in [5, 5.41) is 1.12. The minimum Gasteiger partial charge on any atom is -0.377 e. The number of sulfonamides is 1. The van der Waals surface area contributed by atoms with Crippen molar-refractivity contribution in [3.63, 3.8) is 0 Å². The molecule has 1 aliphatic heterocycles. The lowest BCUT2D eigenvalue weighted by Gasteiger charge is -2.11. The summed E-state index contributed by atoms with van der Waals surface area (Å²) < 4.78 is 32.6. The van der Waals surface area contributed by atoms with Crippen LogP contribution < -0.4 is 4.72 Å². The Balaban J connectivity index is 1.82. The average Bonchev–Trinajstić information content (AvgIpc) is 2.98. The summed E-state index contributed by atoms with van der Waals surface area (Å²) in [5.74, 6) is 0. The van der Waals surface area contributed by atoms with Gasteiger partial charge in [-0.25, -0.2) is 18.1 Å². The minimum absolute atomic E-state index is 0.0271. The van der Waals surface area contributed by atoms with Gasteiger partial charge in [0.2, 0.25) is 10.0 Å². The van der Waals surface area contributed by atoms with Gasteiger partial charge in [-0.2, -0.15) is 0 Å². The number of nitrogens with one attached hydrogen (secondary N) is 1. The second kappa shape index (κ2) is 5.88. The molecule has 1 fully saturated rings. The van der Waals surface area contributed by atoms with Crippen molar-refractivity contribution in [1.29, 1.82) is 0 Å². The van der Waals surface area contributed by atoms with Crippen LogP contribution in [-0.2, 0) is 14.8 Å². The van der Waals surface area contributed by atoms with Crippen molar-refractivity contribution in [3.05, 3.63) is 35.5 Å². The summed E-state index contributed by atoms with van der Waals surface area (Å²) in [7, 11) is -3.54. The number of benzene rings is 1. The molecule has 1 unspecified atom stereocenters. The zero-order chi connectivity index (χ0) is 14.9. The SMILES string of the molecule is O=S(=O)(NCC1CCCO1)c1ccc2nc(Cl)ccc2c1. The van der Waals surface area contributed by atoms with Crippen molar-refractivity contribution in [3.8, 4) is 0 Å². The van der Waals surface area contributed by atoms with E-state index in [1.807, 2.05) is 0 Å². The van der Waals surface area contributed by atoms with Crippen LogP contribution in [0.2, 0.25) is 5.15 Å². The Kier molecular flexibility index (Phi) is 4.12. The maximum atomic E-state index is 12.3. The van der Waals surface area contributed by atoms with Crippen molar-refractivity contribution in [2.24, 2.45) is 0 Å². The van der Waals surface area contributed by atoms with E-state index in [1.54, 1.807) is 24.3 Å². The number of hydrogen-bond donors (Lipinski definition) is 1. The highest BCUT2D eigenvalue weighted by atomic mass is 35.5. The molecule has 0 amide bonds. The zero-order valence-electron chi connectivity index (χ0n) is 11.3.